The first-order valence-electron chi connectivity index (χ1n) is 11.2. The van der Waals surface area contributed by atoms with Crippen LogP contribution in [0.4, 0.5) is 35.4 Å². The monoisotopic (exact) mass is 548 g/mol. The second kappa shape index (κ2) is 11.1. The van der Waals surface area contributed by atoms with Gasteiger partial charge in [0.05, 0.1) is 12.3 Å². The van der Waals surface area contributed by atoms with E-state index < -0.39 is 27.9 Å². The molecule has 1 N–H and O–H groups in total. The van der Waals surface area contributed by atoms with Crippen LogP contribution in [-0.4, -0.2) is 55.7 Å². The van der Waals surface area contributed by atoms with Crippen LogP contribution in [0, 0.1) is 5.92 Å². The van der Waals surface area contributed by atoms with Crippen LogP contribution in [-0.2, 0) is 21.2 Å². The molecule has 3 rings (SSSR count). The number of rotatable bonds is 9. The number of nitrogens with zero attached hydrogens (tertiary/aromatic N) is 5. The average molecular weight is 549 g/mol. The Kier molecular flexibility index (Phi) is 8.54. The lowest BCUT2D eigenvalue weighted by Crippen LogP contribution is -2.39. The van der Waals surface area contributed by atoms with Crippen LogP contribution in [0.2, 0.25) is 0 Å². The van der Waals surface area contributed by atoms with E-state index in [0.717, 1.165) is 29.0 Å². The van der Waals surface area contributed by atoms with Crippen LogP contribution in [0.5, 0.6) is 0 Å². The van der Waals surface area contributed by atoms with Crippen molar-refractivity contribution in [3.05, 3.63) is 22.7 Å². The number of anilines is 2. The first-order chi connectivity index (χ1) is 16.8. The highest BCUT2D eigenvalue weighted by molar-refractivity contribution is 7.92. The topological polar surface area (TPSA) is 126 Å². The maximum Gasteiger partial charge on any atom is 0.404 e. The smallest absolute Gasteiger partial charge is 0.404 e. The van der Waals surface area contributed by atoms with Gasteiger partial charge in [-0.25, -0.2) is 13.2 Å². The number of hydrogen-bond acceptors (Lipinski definition) is 10. The Hall–Kier alpha value is -2.81. The number of sulfonamides is 1. The minimum absolute atomic E-state index is 0.00470. The molecule has 1 aliphatic rings. The summed E-state index contributed by atoms with van der Waals surface area (Å²) in [5, 5.41) is 15.3. The van der Waals surface area contributed by atoms with Gasteiger partial charge in [0.2, 0.25) is 15.0 Å². The van der Waals surface area contributed by atoms with Gasteiger partial charge in [0.1, 0.15) is 5.69 Å². The Morgan fingerprint density at radius 1 is 1.31 bits per heavy atom. The van der Waals surface area contributed by atoms with Crippen LogP contribution in [0.1, 0.15) is 49.5 Å². The third-order valence-electron chi connectivity index (χ3n) is 5.16. The van der Waals surface area contributed by atoms with Crippen LogP contribution in [0.3, 0.4) is 0 Å². The van der Waals surface area contributed by atoms with Gasteiger partial charge in [-0.3, -0.25) is 4.72 Å². The number of ether oxygens (including phenoxy) is 1. The van der Waals surface area contributed by atoms with E-state index in [4.69, 9.17) is 4.74 Å². The van der Waals surface area contributed by atoms with Crippen molar-refractivity contribution in [3.8, 4) is 0 Å². The molecular formula is C21H27F3N6O4S2. The lowest BCUT2D eigenvalue weighted by atomic mass is 9.94. The van der Waals surface area contributed by atoms with Crippen molar-refractivity contribution in [1.29, 1.82) is 0 Å². The van der Waals surface area contributed by atoms with Gasteiger partial charge in [0, 0.05) is 18.3 Å². The van der Waals surface area contributed by atoms with Crippen LogP contribution >= 0.6 is 11.3 Å². The number of nitrogens with one attached hydrogen (secondary N) is 1. The van der Waals surface area contributed by atoms with Crippen molar-refractivity contribution in [2.24, 2.45) is 16.1 Å². The summed E-state index contributed by atoms with van der Waals surface area (Å²) in [4.78, 5) is 13.9. The predicted octanol–water partition coefficient (Wildman–Crippen LogP) is 5.23. The molecule has 2 aromatic rings. The number of alkyl halides is 3. The molecule has 1 unspecified atom stereocenters. The number of aryl methyl sites for hydroxylation is 1. The summed E-state index contributed by atoms with van der Waals surface area (Å²) in [6.45, 7) is 8.61. The summed E-state index contributed by atoms with van der Waals surface area (Å²) < 4.78 is 70.0. The molecule has 1 aromatic heterocycles. The van der Waals surface area contributed by atoms with E-state index in [0.29, 0.717) is 18.9 Å². The van der Waals surface area contributed by atoms with Crippen LogP contribution in [0.25, 0.3) is 0 Å². The van der Waals surface area contributed by atoms with Crippen molar-refractivity contribution < 1.29 is 31.1 Å². The molecule has 1 aromatic carbocycles. The number of carbonyl (C=O) groups is 1. The minimum Gasteiger partial charge on any atom is -0.461 e. The van der Waals surface area contributed by atoms with E-state index in [1.165, 1.54) is 6.07 Å². The van der Waals surface area contributed by atoms with E-state index in [9.17, 15) is 26.4 Å². The average Bonchev–Trinajstić information content (AvgIpc) is 3.22. The summed E-state index contributed by atoms with van der Waals surface area (Å²) in [5.41, 5.74) is 1.48. The summed E-state index contributed by atoms with van der Waals surface area (Å²) in [7, 11) is -4.77. The number of esters is 1. The Bertz CT molecular complexity index is 1230. The molecule has 0 aliphatic carbocycles. The molecule has 36 heavy (non-hydrogen) atoms. The van der Waals surface area contributed by atoms with E-state index in [-0.39, 0.29) is 34.2 Å². The van der Waals surface area contributed by atoms with Crippen molar-refractivity contribution in [2.75, 3.05) is 28.5 Å². The molecule has 198 valence electrons. The summed E-state index contributed by atoms with van der Waals surface area (Å²) >= 11 is 0.811. The fraction of sp³-hybridized carbons (Fsp3) is 0.571. The molecule has 0 saturated carbocycles. The molecule has 2 heterocycles. The van der Waals surface area contributed by atoms with E-state index >= 15 is 0 Å². The van der Waals surface area contributed by atoms with Gasteiger partial charge < -0.3 is 9.64 Å². The van der Waals surface area contributed by atoms with E-state index in [1.807, 2.05) is 25.5 Å². The maximum absolute atomic E-state index is 12.9. The van der Waals surface area contributed by atoms with Gasteiger partial charge in [-0.05, 0) is 50.3 Å². The van der Waals surface area contributed by atoms with Crippen molar-refractivity contribution in [3.63, 3.8) is 0 Å². The number of halogens is 3. The molecule has 15 heteroatoms. The van der Waals surface area contributed by atoms with Crippen LogP contribution in [0.15, 0.2) is 22.4 Å². The van der Waals surface area contributed by atoms with Crippen molar-refractivity contribution in [2.45, 2.75) is 52.8 Å². The Labute approximate surface area is 211 Å². The molecule has 0 spiro atoms. The summed E-state index contributed by atoms with van der Waals surface area (Å²) in [6, 6.07) is 3.27. The number of azo groups is 1. The van der Waals surface area contributed by atoms with Gasteiger partial charge >= 0.3 is 12.1 Å². The van der Waals surface area contributed by atoms with Crippen molar-refractivity contribution >= 4 is 49.5 Å². The first-order valence-corrected chi connectivity index (χ1v) is 13.7. The predicted molar refractivity (Wildman–Crippen MR) is 130 cm³/mol. The Morgan fingerprint density at radius 2 is 2.03 bits per heavy atom. The normalized spacial score (nSPS) is 16.4. The van der Waals surface area contributed by atoms with Gasteiger partial charge in [0.25, 0.3) is 5.13 Å². The van der Waals surface area contributed by atoms with Crippen molar-refractivity contribution in [1.82, 2.24) is 10.2 Å². The molecule has 0 bridgehead atoms. The molecule has 0 saturated heterocycles. The molecule has 10 nitrogen and oxygen atoms in total. The number of fused-ring (bicyclic) bond motifs is 1. The highest BCUT2D eigenvalue weighted by Gasteiger charge is 2.36. The zero-order valence-corrected chi connectivity index (χ0v) is 21.8. The van der Waals surface area contributed by atoms with Gasteiger partial charge in [0.15, 0.2) is 5.75 Å². The summed E-state index contributed by atoms with van der Waals surface area (Å²) in [5.74, 6) is -2.42. The Balaban J connectivity index is 2.02. The number of benzene rings is 1. The van der Waals surface area contributed by atoms with Gasteiger partial charge in [-0.15, -0.1) is 20.4 Å². The Morgan fingerprint density at radius 3 is 2.67 bits per heavy atom. The summed E-state index contributed by atoms with van der Waals surface area (Å²) in [6.07, 6.45) is -3.40. The molecule has 1 aliphatic heterocycles. The minimum atomic E-state index is -4.92. The second-order valence-electron chi connectivity index (χ2n) is 8.72. The first kappa shape index (κ1) is 27.8. The molecule has 0 fully saturated rings. The maximum atomic E-state index is 12.9. The standard InChI is InChI=1S/C21H27F3N6O4S2/c1-5-34-19(31)18-26-28-20(35-18)27-25-15-8-14-7-6-13(4)30(10-12(2)3)17(14)9-16(15)29-36(32,33)11-21(22,23)24/h8-9,12-13,29H,5-7,10-11H2,1-4H3. The quantitative estimate of drug-likeness (QED) is 0.336. The third kappa shape index (κ3) is 7.35. The number of hydrogen-bond donors (Lipinski definition) is 1. The van der Waals surface area contributed by atoms with Gasteiger partial charge in [-0.2, -0.15) is 13.2 Å². The van der Waals surface area contributed by atoms with Gasteiger partial charge in [-0.1, -0.05) is 25.2 Å². The highest BCUT2D eigenvalue weighted by atomic mass is 32.2. The lowest BCUT2D eigenvalue weighted by Gasteiger charge is -2.38. The number of aromatic nitrogens is 2. The van der Waals surface area contributed by atoms with E-state index in [2.05, 4.69) is 25.3 Å². The molecule has 0 amide bonds. The van der Waals surface area contributed by atoms with E-state index in [1.54, 1.807) is 13.0 Å². The molecular weight excluding hydrogens is 521 g/mol. The van der Waals surface area contributed by atoms with Crippen LogP contribution < -0.4 is 9.62 Å². The molecule has 1 atom stereocenters. The highest BCUT2D eigenvalue weighted by Crippen LogP contribution is 2.40. The molecule has 0 radical (unpaired) electrons. The fourth-order valence-corrected chi connectivity index (χ4v) is 5.29. The second-order valence-corrected chi connectivity index (χ2v) is 11.4. The third-order valence-corrected chi connectivity index (χ3v) is 7.18. The fourth-order valence-electron chi connectivity index (χ4n) is 3.73. The largest absolute Gasteiger partial charge is 0.461 e. The lowest BCUT2D eigenvalue weighted by molar-refractivity contribution is -0.106. The SMILES string of the molecule is CCOC(=O)c1nnc(N=Nc2cc3c(cc2NS(=O)(=O)CC(F)(F)F)N(CC(C)C)C(C)CC3)s1. The zero-order valence-electron chi connectivity index (χ0n) is 20.2. The zero-order chi connectivity index (χ0) is 26.7. The number of carbonyl (C=O) groups excluding carboxylic acids is 1.